The van der Waals surface area contributed by atoms with E-state index in [1.54, 1.807) is 24.3 Å². The summed E-state index contributed by atoms with van der Waals surface area (Å²) in [5.74, 6) is 1.01. The molecule has 12 heteroatoms. The number of nitrogens with zero attached hydrogens (tertiary/aromatic N) is 5. The second kappa shape index (κ2) is 10.7. The number of sulfonamides is 1. The van der Waals surface area contributed by atoms with E-state index >= 15 is 0 Å². The molecule has 0 fully saturated rings. The summed E-state index contributed by atoms with van der Waals surface area (Å²) in [5, 5.41) is 4.25. The Morgan fingerprint density at radius 2 is 1.74 bits per heavy atom. The number of fused-ring (bicyclic) bond motifs is 1. The Morgan fingerprint density at radius 3 is 2.49 bits per heavy atom. The largest absolute Gasteiger partial charge is 0.370 e. The molecule has 0 bridgehead atoms. The van der Waals surface area contributed by atoms with Gasteiger partial charge in [0.1, 0.15) is 23.8 Å². The summed E-state index contributed by atoms with van der Waals surface area (Å²) in [7, 11) is -2.00. The summed E-state index contributed by atoms with van der Waals surface area (Å²) in [4.78, 5) is 21.6. The van der Waals surface area contributed by atoms with Crippen LogP contribution in [0, 0.1) is 19.7 Å². The molecule has 2 aromatic carbocycles. The predicted octanol–water partition coefficient (Wildman–Crippen LogP) is 4.73. The van der Waals surface area contributed by atoms with Crippen molar-refractivity contribution in [3.05, 3.63) is 89.9 Å². The van der Waals surface area contributed by atoms with E-state index in [2.05, 4.69) is 35.0 Å². The number of hydrogen-bond donors (Lipinski definition) is 3. The Bertz CT molecular complexity index is 1720. The second-order valence-corrected chi connectivity index (χ2v) is 10.7. The molecule has 0 saturated heterocycles. The molecular formula is C27H27FN8O2S. The van der Waals surface area contributed by atoms with Crippen LogP contribution in [0.5, 0.6) is 0 Å². The summed E-state index contributed by atoms with van der Waals surface area (Å²) < 4.78 is 41.9. The average Bonchev–Trinajstić information content (AvgIpc) is 3.28. The van der Waals surface area contributed by atoms with E-state index in [0.29, 0.717) is 30.1 Å². The Hall–Kier alpha value is -4.58. The van der Waals surface area contributed by atoms with Gasteiger partial charge in [-0.15, -0.1) is 0 Å². The number of aromatic amines is 1. The molecule has 39 heavy (non-hydrogen) atoms. The van der Waals surface area contributed by atoms with Crippen molar-refractivity contribution in [1.82, 2.24) is 24.9 Å². The van der Waals surface area contributed by atoms with Crippen molar-refractivity contribution >= 4 is 44.2 Å². The third kappa shape index (κ3) is 5.50. The van der Waals surface area contributed by atoms with E-state index in [0.717, 1.165) is 27.9 Å². The first-order chi connectivity index (χ1) is 18.7. The molecule has 3 heterocycles. The minimum atomic E-state index is -3.83. The van der Waals surface area contributed by atoms with E-state index in [9.17, 15) is 12.8 Å². The molecule has 5 aromatic rings. The smallest absolute Gasteiger partial charge is 0.264 e. The highest BCUT2D eigenvalue weighted by molar-refractivity contribution is 7.92. The van der Waals surface area contributed by atoms with Crippen molar-refractivity contribution < 1.29 is 12.8 Å². The van der Waals surface area contributed by atoms with Gasteiger partial charge in [0.15, 0.2) is 0 Å². The van der Waals surface area contributed by atoms with Crippen LogP contribution in [0.3, 0.4) is 0 Å². The van der Waals surface area contributed by atoms with Crippen LogP contribution in [-0.4, -0.2) is 46.9 Å². The molecule has 0 amide bonds. The van der Waals surface area contributed by atoms with Crippen molar-refractivity contribution in [3.8, 4) is 0 Å². The zero-order chi connectivity index (χ0) is 27.6. The summed E-state index contributed by atoms with van der Waals surface area (Å²) in [6.07, 6.45) is 5.06. The first-order valence-corrected chi connectivity index (χ1v) is 13.7. The van der Waals surface area contributed by atoms with Crippen molar-refractivity contribution in [3.63, 3.8) is 0 Å². The number of benzene rings is 2. The normalized spacial score (nSPS) is 11.5. The zero-order valence-corrected chi connectivity index (χ0v) is 22.4. The fraction of sp³-hybridized carbons (Fsp3) is 0.185. The number of anilines is 4. The Balaban J connectivity index is 1.26. The van der Waals surface area contributed by atoms with Gasteiger partial charge in [-0.1, -0.05) is 6.07 Å². The third-order valence-corrected chi connectivity index (χ3v) is 7.78. The molecule has 0 aliphatic carbocycles. The van der Waals surface area contributed by atoms with E-state index in [4.69, 9.17) is 0 Å². The second-order valence-electron chi connectivity index (χ2n) is 9.01. The van der Waals surface area contributed by atoms with E-state index in [-0.39, 0.29) is 16.7 Å². The SMILES string of the molecule is Cc1[nH]c2c(F)ccc(C)c2c1CCNc1cc(N(C)c2ccc(S(=O)(=O)Nc3ncccn3)cc2)ncn1. The van der Waals surface area contributed by atoms with Crippen LogP contribution in [0.25, 0.3) is 10.9 Å². The minimum absolute atomic E-state index is 0.00172. The van der Waals surface area contributed by atoms with E-state index in [1.807, 2.05) is 31.9 Å². The highest BCUT2D eigenvalue weighted by Gasteiger charge is 2.17. The highest BCUT2D eigenvalue weighted by atomic mass is 32.2. The monoisotopic (exact) mass is 546 g/mol. The lowest BCUT2D eigenvalue weighted by Crippen LogP contribution is -2.16. The van der Waals surface area contributed by atoms with Gasteiger partial charge in [-0.05, 0) is 67.8 Å². The summed E-state index contributed by atoms with van der Waals surface area (Å²) in [6, 6.07) is 13.1. The van der Waals surface area contributed by atoms with Gasteiger partial charge in [-0.2, -0.15) is 0 Å². The van der Waals surface area contributed by atoms with Crippen LogP contribution in [0.4, 0.5) is 27.7 Å². The standard InChI is InChI=1S/C27H27FN8O2S/c1-17-5-10-22(28)26-25(17)21(18(2)34-26)11-14-29-23-15-24(33-16-32-23)36(3)19-6-8-20(9-7-19)39(37,38)35-27-30-12-4-13-31-27/h4-10,12-13,15-16,34H,11,14H2,1-3H3,(H,29,32,33)(H,30,31,35). The molecule has 0 aliphatic heterocycles. The fourth-order valence-corrected chi connectivity index (χ4v) is 5.37. The topological polar surface area (TPSA) is 129 Å². The number of rotatable bonds is 9. The van der Waals surface area contributed by atoms with Gasteiger partial charge in [-0.25, -0.2) is 37.5 Å². The van der Waals surface area contributed by atoms with Crippen LogP contribution in [0.15, 0.2) is 72.1 Å². The van der Waals surface area contributed by atoms with Gasteiger partial charge in [0.2, 0.25) is 5.95 Å². The zero-order valence-electron chi connectivity index (χ0n) is 21.6. The molecule has 0 spiro atoms. The summed E-state index contributed by atoms with van der Waals surface area (Å²) >= 11 is 0. The molecule has 3 aromatic heterocycles. The van der Waals surface area contributed by atoms with Crippen molar-refractivity contribution in [2.75, 3.05) is 28.5 Å². The maximum absolute atomic E-state index is 14.3. The molecule has 0 atom stereocenters. The molecule has 200 valence electrons. The van der Waals surface area contributed by atoms with Crippen LogP contribution < -0.4 is 14.9 Å². The Kier molecular flexibility index (Phi) is 7.11. The molecule has 0 unspecified atom stereocenters. The number of aromatic nitrogens is 5. The van der Waals surface area contributed by atoms with Gasteiger partial charge >= 0.3 is 0 Å². The van der Waals surface area contributed by atoms with E-state index in [1.165, 1.54) is 36.9 Å². The van der Waals surface area contributed by atoms with Gasteiger partial charge in [0.25, 0.3) is 10.0 Å². The fourth-order valence-electron chi connectivity index (χ4n) is 4.41. The first-order valence-electron chi connectivity index (χ1n) is 12.2. The van der Waals surface area contributed by atoms with Gasteiger partial charge in [0, 0.05) is 48.8 Å². The summed E-state index contributed by atoms with van der Waals surface area (Å²) in [6.45, 7) is 4.53. The Labute approximate surface area is 225 Å². The first kappa shape index (κ1) is 26.0. The quantitative estimate of drug-likeness (QED) is 0.242. The molecular weight excluding hydrogens is 519 g/mol. The maximum Gasteiger partial charge on any atom is 0.264 e. The van der Waals surface area contributed by atoms with Gasteiger partial charge in [-0.3, -0.25) is 0 Å². The third-order valence-electron chi connectivity index (χ3n) is 6.43. The molecule has 10 nitrogen and oxygen atoms in total. The van der Waals surface area contributed by atoms with Crippen LogP contribution >= 0.6 is 0 Å². The van der Waals surface area contributed by atoms with Crippen LogP contribution in [0.2, 0.25) is 0 Å². The lowest BCUT2D eigenvalue weighted by molar-refractivity contribution is 0.601. The Morgan fingerprint density at radius 1 is 1.00 bits per heavy atom. The molecule has 5 rings (SSSR count). The number of halogens is 1. The van der Waals surface area contributed by atoms with Crippen LogP contribution in [0.1, 0.15) is 16.8 Å². The predicted molar refractivity (Wildman–Crippen MR) is 149 cm³/mol. The molecule has 0 radical (unpaired) electrons. The van der Waals surface area contributed by atoms with Crippen molar-refractivity contribution in [2.24, 2.45) is 0 Å². The lowest BCUT2D eigenvalue weighted by Gasteiger charge is -2.19. The van der Waals surface area contributed by atoms with Crippen molar-refractivity contribution in [2.45, 2.75) is 25.2 Å². The number of nitrogens with one attached hydrogen (secondary N) is 3. The molecule has 0 saturated carbocycles. The average molecular weight is 547 g/mol. The molecule has 0 aliphatic rings. The van der Waals surface area contributed by atoms with Crippen molar-refractivity contribution in [1.29, 1.82) is 0 Å². The van der Waals surface area contributed by atoms with E-state index < -0.39 is 10.0 Å². The number of H-pyrrole nitrogens is 1. The van der Waals surface area contributed by atoms with Crippen LogP contribution in [-0.2, 0) is 16.4 Å². The summed E-state index contributed by atoms with van der Waals surface area (Å²) in [5.41, 5.74) is 4.32. The van der Waals surface area contributed by atoms with Gasteiger partial charge in [0.05, 0.1) is 10.4 Å². The maximum atomic E-state index is 14.3. The number of aryl methyl sites for hydroxylation is 2. The highest BCUT2D eigenvalue weighted by Crippen LogP contribution is 2.28. The number of hydrogen-bond acceptors (Lipinski definition) is 8. The minimum Gasteiger partial charge on any atom is -0.370 e. The lowest BCUT2D eigenvalue weighted by atomic mass is 10.0. The van der Waals surface area contributed by atoms with Gasteiger partial charge < -0.3 is 15.2 Å². The molecule has 3 N–H and O–H groups in total.